The van der Waals surface area contributed by atoms with Crippen LogP contribution in [0.4, 0.5) is 0 Å². The number of fused-ring (bicyclic) bond motifs is 2. The summed E-state index contributed by atoms with van der Waals surface area (Å²) in [5, 5.41) is 0. The fourth-order valence-electron chi connectivity index (χ4n) is 4.18. The Hall–Kier alpha value is -1.09. The van der Waals surface area contributed by atoms with Crippen molar-refractivity contribution in [3.05, 3.63) is 23.3 Å². The number of carbonyl (C=O) groups is 1. The Kier molecular flexibility index (Phi) is 6.53. The van der Waals surface area contributed by atoms with Crippen LogP contribution in [0.25, 0.3) is 0 Å². The Labute approximate surface area is 153 Å². The Morgan fingerprint density at radius 2 is 1.88 bits per heavy atom. The minimum absolute atomic E-state index is 0.148. The molecule has 25 heavy (non-hydrogen) atoms. The second-order valence-electron chi connectivity index (χ2n) is 8.61. The van der Waals surface area contributed by atoms with Crippen molar-refractivity contribution < 1.29 is 14.3 Å². The van der Waals surface area contributed by atoms with Crippen molar-refractivity contribution in [2.45, 2.75) is 104 Å². The molecule has 0 aromatic carbocycles. The first-order valence-electron chi connectivity index (χ1n) is 9.85. The van der Waals surface area contributed by atoms with E-state index in [0.717, 1.165) is 44.9 Å². The minimum Gasteiger partial charge on any atom is -0.459 e. The Bertz CT molecular complexity index is 545. The number of ether oxygens (including phenoxy) is 2. The molecule has 0 N–H and O–H groups in total. The molecule has 2 aliphatic rings. The summed E-state index contributed by atoms with van der Waals surface area (Å²) in [6.07, 6.45) is 11.4. The first kappa shape index (κ1) is 20.2. The zero-order valence-electron chi connectivity index (χ0n) is 17.0. The molecule has 1 fully saturated rings. The van der Waals surface area contributed by atoms with E-state index in [9.17, 15) is 4.79 Å². The highest BCUT2D eigenvalue weighted by atomic mass is 16.6. The van der Waals surface area contributed by atoms with E-state index in [1.54, 1.807) is 0 Å². The van der Waals surface area contributed by atoms with Gasteiger partial charge in [0.05, 0.1) is 5.60 Å². The lowest BCUT2D eigenvalue weighted by Gasteiger charge is -2.39. The van der Waals surface area contributed by atoms with Gasteiger partial charge in [-0.15, -0.1) is 0 Å². The van der Waals surface area contributed by atoms with Gasteiger partial charge in [0.2, 0.25) is 0 Å². The summed E-state index contributed by atoms with van der Waals surface area (Å²) in [5.74, 6) is 0.222. The highest BCUT2D eigenvalue weighted by Crippen LogP contribution is 2.48. The van der Waals surface area contributed by atoms with Crippen molar-refractivity contribution in [3.8, 4) is 0 Å². The largest absolute Gasteiger partial charge is 0.459 e. The summed E-state index contributed by atoms with van der Waals surface area (Å²) in [6.45, 7) is 12.6. The quantitative estimate of drug-likeness (QED) is 0.471. The van der Waals surface area contributed by atoms with Crippen molar-refractivity contribution in [1.82, 2.24) is 0 Å². The molecule has 3 nitrogen and oxygen atoms in total. The predicted molar refractivity (Wildman–Crippen MR) is 102 cm³/mol. The van der Waals surface area contributed by atoms with Gasteiger partial charge in [-0.05, 0) is 71.6 Å². The lowest BCUT2D eigenvalue weighted by atomic mass is 9.82. The molecule has 0 amide bonds. The van der Waals surface area contributed by atoms with Crippen LogP contribution in [0.3, 0.4) is 0 Å². The maximum atomic E-state index is 11.7. The van der Waals surface area contributed by atoms with Crippen molar-refractivity contribution >= 4 is 5.97 Å². The fourth-order valence-corrected chi connectivity index (χ4v) is 4.18. The third kappa shape index (κ3) is 4.97. The second kappa shape index (κ2) is 8.07. The SMILES string of the molecule is CC(=O)O[C@@H]1CCC(C)=CCC/C(C)=C\C[C@@]2(C(C)C)CC[C@]1(C)O2. The third-order valence-electron chi connectivity index (χ3n) is 6.15. The van der Waals surface area contributed by atoms with Gasteiger partial charge in [0, 0.05) is 6.92 Å². The molecule has 0 saturated carbocycles. The molecule has 142 valence electrons. The summed E-state index contributed by atoms with van der Waals surface area (Å²) in [5.41, 5.74) is 2.27. The van der Waals surface area contributed by atoms with E-state index >= 15 is 0 Å². The number of rotatable bonds is 2. The standard InChI is InChI=1S/C22H36O3/c1-16(2)22-13-12-18(4)9-7-8-17(3)10-11-20(24-19(5)23)21(6,25-22)14-15-22/h8,12,16,20H,7,9-11,13-15H2,1-6H3/b17-8?,18-12-/t20-,21+,22+/m1/s1. The molecule has 0 spiro atoms. The van der Waals surface area contributed by atoms with Gasteiger partial charge in [-0.3, -0.25) is 4.79 Å². The van der Waals surface area contributed by atoms with Crippen molar-refractivity contribution in [2.24, 2.45) is 5.92 Å². The van der Waals surface area contributed by atoms with E-state index in [-0.39, 0.29) is 17.7 Å². The normalized spacial score (nSPS) is 36.5. The first-order chi connectivity index (χ1) is 11.7. The molecule has 0 aromatic heterocycles. The van der Waals surface area contributed by atoms with Crippen molar-refractivity contribution in [3.63, 3.8) is 0 Å². The van der Waals surface area contributed by atoms with Gasteiger partial charge in [0.25, 0.3) is 0 Å². The lowest BCUT2D eigenvalue weighted by Crippen LogP contribution is -2.46. The zero-order chi connectivity index (χ0) is 18.7. The highest BCUT2D eigenvalue weighted by molar-refractivity contribution is 5.66. The Morgan fingerprint density at radius 1 is 1.20 bits per heavy atom. The monoisotopic (exact) mass is 348 g/mol. The molecule has 2 bridgehead atoms. The van der Waals surface area contributed by atoms with Gasteiger partial charge in [-0.2, -0.15) is 0 Å². The van der Waals surface area contributed by atoms with Gasteiger partial charge in [0.1, 0.15) is 11.7 Å². The zero-order valence-corrected chi connectivity index (χ0v) is 17.0. The Balaban J connectivity index is 2.35. The molecule has 2 aliphatic heterocycles. The summed E-state index contributed by atoms with van der Waals surface area (Å²) >= 11 is 0. The van der Waals surface area contributed by atoms with Gasteiger partial charge in [-0.25, -0.2) is 0 Å². The topological polar surface area (TPSA) is 35.5 Å². The summed E-state index contributed by atoms with van der Waals surface area (Å²) in [4.78, 5) is 11.7. The fraction of sp³-hybridized carbons (Fsp3) is 0.773. The van der Waals surface area contributed by atoms with Crippen LogP contribution in [-0.2, 0) is 14.3 Å². The number of allylic oxidation sites excluding steroid dienone is 3. The average Bonchev–Trinajstić information content (AvgIpc) is 2.88. The molecule has 0 unspecified atom stereocenters. The van der Waals surface area contributed by atoms with E-state index in [0.29, 0.717) is 5.92 Å². The number of hydrogen-bond acceptors (Lipinski definition) is 3. The molecule has 2 rings (SSSR count). The maximum absolute atomic E-state index is 11.7. The summed E-state index contributed by atoms with van der Waals surface area (Å²) in [6, 6.07) is 0. The van der Waals surface area contributed by atoms with Crippen LogP contribution in [0.2, 0.25) is 0 Å². The second-order valence-corrected chi connectivity index (χ2v) is 8.61. The Morgan fingerprint density at radius 3 is 2.52 bits per heavy atom. The molecule has 0 aromatic rings. The van der Waals surface area contributed by atoms with Crippen LogP contribution in [0.1, 0.15) is 86.5 Å². The van der Waals surface area contributed by atoms with Crippen molar-refractivity contribution in [1.29, 1.82) is 0 Å². The molecule has 3 atom stereocenters. The average molecular weight is 349 g/mol. The lowest BCUT2D eigenvalue weighted by molar-refractivity contribution is -0.186. The maximum Gasteiger partial charge on any atom is 0.303 e. The van der Waals surface area contributed by atoms with Gasteiger partial charge in [-0.1, -0.05) is 37.1 Å². The molecular formula is C22H36O3. The summed E-state index contributed by atoms with van der Waals surface area (Å²) < 4.78 is 12.5. The van der Waals surface area contributed by atoms with Gasteiger partial charge >= 0.3 is 5.97 Å². The van der Waals surface area contributed by atoms with Crippen LogP contribution in [0, 0.1) is 5.92 Å². The van der Waals surface area contributed by atoms with Gasteiger partial charge in [0.15, 0.2) is 0 Å². The van der Waals surface area contributed by atoms with Crippen LogP contribution in [0.5, 0.6) is 0 Å². The van der Waals surface area contributed by atoms with Crippen LogP contribution in [-0.4, -0.2) is 23.3 Å². The van der Waals surface area contributed by atoms with Crippen molar-refractivity contribution in [2.75, 3.05) is 0 Å². The van der Waals surface area contributed by atoms with E-state index in [1.165, 1.54) is 18.1 Å². The first-order valence-corrected chi connectivity index (χ1v) is 9.85. The summed E-state index contributed by atoms with van der Waals surface area (Å²) in [7, 11) is 0. The highest BCUT2D eigenvalue weighted by Gasteiger charge is 2.52. The number of esters is 1. The van der Waals surface area contributed by atoms with E-state index < -0.39 is 5.60 Å². The smallest absolute Gasteiger partial charge is 0.303 e. The van der Waals surface area contributed by atoms with Crippen LogP contribution in [0.15, 0.2) is 23.3 Å². The van der Waals surface area contributed by atoms with Crippen LogP contribution < -0.4 is 0 Å². The van der Waals surface area contributed by atoms with E-state index in [2.05, 4.69) is 46.8 Å². The van der Waals surface area contributed by atoms with E-state index in [4.69, 9.17) is 9.47 Å². The number of carbonyl (C=O) groups excluding carboxylic acids is 1. The molecule has 2 heterocycles. The molecule has 0 aliphatic carbocycles. The molecule has 0 radical (unpaired) electrons. The van der Waals surface area contributed by atoms with Gasteiger partial charge < -0.3 is 9.47 Å². The van der Waals surface area contributed by atoms with E-state index in [1.807, 2.05) is 0 Å². The number of hydrogen-bond donors (Lipinski definition) is 0. The third-order valence-corrected chi connectivity index (χ3v) is 6.15. The molecular weight excluding hydrogens is 312 g/mol. The molecule has 1 saturated heterocycles. The minimum atomic E-state index is -0.397. The predicted octanol–water partition coefficient (Wildman–Crippen LogP) is 5.74. The molecule has 3 heteroatoms. The van der Waals surface area contributed by atoms with Crippen LogP contribution >= 0.6 is 0 Å².